The minimum Gasteiger partial charge on any atom is -0.338 e. The third-order valence-corrected chi connectivity index (χ3v) is 5.33. The molecule has 0 spiro atoms. The number of nitrogens with zero attached hydrogens (tertiary/aromatic N) is 1. The van der Waals surface area contributed by atoms with Crippen LogP contribution in [0.25, 0.3) is 0 Å². The summed E-state index contributed by atoms with van der Waals surface area (Å²) in [7, 11) is 0. The SMILES string of the molecule is O=C(NCCc1ccccc1)NC1CCCCC1NC(=O)N1CCCC1. The maximum atomic E-state index is 12.4. The Labute approximate surface area is 155 Å². The molecule has 3 rings (SSSR count). The molecule has 1 heterocycles. The van der Waals surface area contributed by atoms with Gasteiger partial charge in [-0.25, -0.2) is 9.59 Å². The molecule has 0 radical (unpaired) electrons. The van der Waals surface area contributed by atoms with E-state index < -0.39 is 0 Å². The molecule has 2 fully saturated rings. The summed E-state index contributed by atoms with van der Waals surface area (Å²) in [6.07, 6.45) is 7.01. The van der Waals surface area contributed by atoms with Crippen LogP contribution < -0.4 is 16.0 Å². The highest BCUT2D eigenvalue weighted by Gasteiger charge is 2.29. The number of nitrogens with one attached hydrogen (secondary N) is 3. The van der Waals surface area contributed by atoms with Gasteiger partial charge in [-0.3, -0.25) is 0 Å². The van der Waals surface area contributed by atoms with Crippen LogP contribution in [0.4, 0.5) is 9.59 Å². The second-order valence-corrected chi connectivity index (χ2v) is 7.28. The van der Waals surface area contributed by atoms with Crippen LogP contribution >= 0.6 is 0 Å². The van der Waals surface area contributed by atoms with Gasteiger partial charge in [0.05, 0.1) is 12.1 Å². The van der Waals surface area contributed by atoms with E-state index in [0.29, 0.717) is 6.54 Å². The summed E-state index contributed by atoms with van der Waals surface area (Å²) in [5.74, 6) is 0. The zero-order valence-electron chi connectivity index (χ0n) is 15.4. The van der Waals surface area contributed by atoms with Crippen molar-refractivity contribution in [2.45, 2.75) is 57.0 Å². The number of hydrogen-bond acceptors (Lipinski definition) is 2. The number of urea groups is 2. The molecule has 3 N–H and O–H groups in total. The minimum atomic E-state index is -0.145. The first-order chi connectivity index (χ1) is 12.7. The lowest BCUT2D eigenvalue weighted by atomic mass is 9.90. The number of benzene rings is 1. The Morgan fingerprint density at radius 2 is 1.58 bits per heavy atom. The zero-order chi connectivity index (χ0) is 18.2. The summed E-state index contributed by atoms with van der Waals surface area (Å²) in [6, 6.07) is 10.0. The third-order valence-electron chi connectivity index (χ3n) is 5.33. The van der Waals surface area contributed by atoms with Crippen molar-refractivity contribution in [1.29, 1.82) is 0 Å². The minimum absolute atomic E-state index is 0.00651. The Morgan fingerprint density at radius 3 is 2.27 bits per heavy atom. The highest BCUT2D eigenvalue weighted by molar-refractivity contribution is 5.76. The molecule has 142 valence electrons. The molecule has 1 aromatic rings. The number of likely N-dealkylation sites (tertiary alicyclic amines) is 1. The van der Waals surface area contributed by atoms with Crippen molar-refractivity contribution in [3.63, 3.8) is 0 Å². The summed E-state index contributed by atoms with van der Waals surface area (Å²) >= 11 is 0. The maximum Gasteiger partial charge on any atom is 0.317 e. The van der Waals surface area contributed by atoms with Crippen molar-refractivity contribution in [1.82, 2.24) is 20.9 Å². The lowest BCUT2D eigenvalue weighted by Gasteiger charge is -2.34. The topological polar surface area (TPSA) is 73.5 Å². The van der Waals surface area contributed by atoms with Gasteiger partial charge in [0, 0.05) is 19.6 Å². The van der Waals surface area contributed by atoms with Crippen molar-refractivity contribution in [2.75, 3.05) is 19.6 Å². The molecule has 2 aliphatic rings. The number of carbonyl (C=O) groups is 2. The molecule has 2 atom stereocenters. The van der Waals surface area contributed by atoms with E-state index >= 15 is 0 Å². The molecular weight excluding hydrogens is 328 g/mol. The zero-order valence-corrected chi connectivity index (χ0v) is 15.4. The van der Waals surface area contributed by atoms with E-state index in [0.717, 1.165) is 58.0 Å². The number of hydrogen-bond donors (Lipinski definition) is 3. The molecule has 1 aromatic carbocycles. The average molecular weight is 358 g/mol. The molecule has 6 heteroatoms. The lowest BCUT2D eigenvalue weighted by molar-refractivity contribution is 0.191. The fraction of sp³-hybridized carbons (Fsp3) is 0.600. The van der Waals surface area contributed by atoms with Crippen LogP contribution in [0.2, 0.25) is 0 Å². The first-order valence-electron chi connectivity index (χ1n) is 9.86. The van der Waals surface area contributed by atoms with Gasteiger partial charge in [-0.2, -0.15) is 0 Å². The van der Waals surface area contributed by atoms with Gasteiger partial charge in [-0.1, -0.05) is 43.2 Å². The summed E-state index contributed by atoms with van der Waals surface area (Å²) in [5.41, 5.74) is 1.21. The van der Waals surface area contributed by atoms with Crippen molar-refractivity contribution < 1.29 is 9.59 Å². The van der Waals surface area contributed by atoms with Gasteiger partial charge in [0.1, 0.15) is 0 Å². The lowest BCUT2D eigenvalue weighted by Crippen LogP contribution is -2.57. The Hall–Kier alpha value is -2.24. The van der Waals surface area contributed by atoms with Gasteiger partial charge >= 0.3 is 12.1 Å². The molecule has 0 aromatic heterocycles. The summed E-state index contributed by atoms with van der Waals surface area (Å²) in [4.78, 5) is 26.5. The van der Waals surface area contributed by atoms with Crippen LogP contribution in [-0.2, 0) is 6.42 Å². The maximum absolute atomic E-state index is 12.4. The highest BCUT2D eigenvalue weighted by Crippen LogP contribution is 2.19. The van der Waals surface area contributed by atoms with E-state index in [2.05, 4.69) is 28.1 Å². The predicted octanol–water partition coefficient (Wildman–Crippen LogP) is 2.64. The van der Waals surface area contributed by atoms with Crippen LogP contribution in [0.5, 0.6) is 0 Å². The quantitative estimate of drug-likeness (QED) is 0.757. The first kappa shape index (κ1) is 18.5. The van der Waals surface area contributed by atoms with E-state index in [-0.39, 0.29) is 24.1 Å². The van der Waals surface area contributed by atoms with Crippen molar-refractivity contribution >= 4 is 12.1 Å². The summed E-state index contributed by atoms with van der Waals surface area (Å²) in [5, 5.41) is 9.14. The molecule has 26 heavy (non-hydrogen) atoms. The van der Waals surface area contributed by atoms with Gasteiger partial charge in [0.2, 0.25) is 0 Å². The van der Waals surface area contributed by atoms with E-state index in [1.165, 1.54) is 5.56 Å². The molecule has 1 saturated carbocycles. The van der Waals surface area contributed by atoms with Crippen molar-refractivity contribution in [2.24, 2.45) is 0 Å². The fourth-order valence-electron chi connectivity index (χ4n) is 3.83. The Morgan fingerprint density at radius 1 is 0.923 bits per heavy atom. The largest absolute Gasteiger partial charge is 0.338 e. The highest BCUT2D eigenvalue weighted by atomic mass is 16.2. The third kappa shape index (κ3) is 5.38. The predicted molar refractivity (Wildman–Crippen MR) is 102 cm³/mol. The molecule has 6 nitrogen and oxygen atoms in total. The van der Waals surface area contributed by atoms with E-state index in [9.17, 15) is 9.59 Å². The fourth-order valence-corrected chi connectivity index (χ4v) is 3.83. The monoisotopic (exact) mass is 358 g/mol. The van der Waals surface area contributed by atoms with Crippen molar-refractivity contribution in [3.05, 3.63) is 35.9 Å². The van der Waals surface area contributed by atoms with Gasteiger partial charge in [-0.15, -0.1) is 0 Å². The second kappa shape index (κ2) is 9.46. The van der Waals surface area contributed by atoms with Gasteiger partial charge in [0.15, 0.2) is 0 Å². The van der Waals surface area contributed by atoms with E-state index in [1.54, 1.807) is 0 Å². The molecule has 1 aliphatic heterocycles. The Kier molecular flexibility index (Phi) is 6.75. The van der Waals surface area contributed by atoms with E-state index in [1.807, 2.05) is 23.1 Å². The second-order valence-electron chi connectivity index (χ2n) is 7.28. The van der Waals surface area contributed by atoms with Gasteiger partial charge in [-0.05, 0) is 37.7 Å². The van der Waals surface area contributed by atoms with Gasteiger partial charge in [0.25, 0.3) is 0 Å². The smallest absolute Gasteiger partial charge is 0.317 e. The van der Waals surface area contributed by atoms with Crippen LogP contribution in [-0.4, -0.2) is 48.7 Å². The molecule has 1 saturated heterocycles. The normalized spacial score (nSPS) is 22.7. The molecule has 0 bridgehead atoms. The van der Waals surface area contributed by atoms with Crippen molar-refractivity contribution in [3.8, 4) is 0 Å². The molecule has 4 amide bonds. The standard InChI is InChI=1S/C20H30N4O2/c25-19(21-13-12-16-8-2-1-3-9-16)22-17-10-4-5-11-18(17)23-20(26)24-14-6-7-15-24/h1-3,8-9,17-18H,4-7,10-15H2,(H,23,26)(H2,21,22,25). The first-order valence-corrected chi connectivity index (χ1v) is 9.86. The molecule has 1 aliphatic carbocycles. The number of carbonyl (C=O) groups excluding carboxylic acids is 2. The van der Waals surface area contributed by atoms with Crippen LogP contribution in [0, 0.1) is 0 Å². The van der Waals surface area contributed by atoms with Crippen LogP contribution in [0.1, 0.15) is 44.1 Å². The average Bonchev–Trinajstić information content (AvgIpc) is 3.19. The summed E-state index contributed by atoms with van der Waals surface area (Å²) in [6.45, 7) is 2.29. The molecular formula is C20H30N4O2. The number of rotatable bonds is 5. The summed E-state index contributed by atoms with van der Waals surface area (Å²) < 4.78 is 0. The number of amides is 4. The van der Waals surface area contributed by atoms with Gasteiger partial charge < -0.3 is 20.9 Å². The Balaban J connectivity index is 1.43. The van der Waals surface area contributed by atoms with Crippen LogP contribution in [0.15, 0.2) is 30.3 Å². The Bertz CT molecular complexity index is 587. The van der Waals surface area contributed by atoms with E-state index in [4.69, 9.17) is 0 Å². The molecule has 2 unspecified atom stereocenters. The van der Waals surface area contributed by atoms with Crippen LogP contribution in [0.3, 0.4) is 0 Å².